The molecule has 1 aromatic rings. The molecular formula is C16H28N4O. The Morgan fingerprint density at radius 3 is 3.00 bits per heavy atom. The zero-order valence-corrected chi connectivity index (χ0v) is 13.0. The van der Waals surface area contributed by atoms with Gasteiger partial charge in [-0.2, -0.15) is 0 Å². The van der Waals surface area contributed by atoms with E-state index in [1.165, 1.54) is 5.69 Å². The van der Waals surface area contributed by atoms with Crippen molar-refractivity contribution < 1.29 is 5.11 Å². The number of nitrogens with one attached hydrogen (secondary N) is 1. The zero-order valence-electron chi connectivity index (χ0n) is 13.0. The van der Waals surface area contributed by atoms with Crippen molar-refractivity contribution in [1.29, 1.82) is 0 Å². The minimum atomic E-state index is 0.246. The van der Waals surface area contributed by atoms with Gasteiger partial charge in [-0.3, -0.25) is 4.98 Å². The summed E-state index contributed by atoms with van der Waals surface area (Å²) in [6.45, 7) is 6.93. The summed E-state index contributed by atoms with van der Waals surface area (Å²) in [5, 5.41) is 12.5. The molecule has 5 heteroatoms. The molecule has 0 radical (unpaired) electrons. The third kappa shape index (κ3) is 5.04. The summed E-state index contributed by atoms with van der Waals surface area (Å²) in [5.41, 5.74) is 7.93. The van der Waals surface area contributed by atoms with Gasteiger partial charge < -0.3 is 21.1 Å². The van der Waals surface area contributed by atoms with Crippen LogP contribution in [0.1, 0.15) is 17.8 Å². The average Bonchev–Trinajstić information content (AvgIpc) is 2.82. The molecule has 1 fully saturated rings. The summed E-state index contributed by atoms with van der Waals surface area (Å²) < 4.78 is 0. The third-order valence-corrected chi connectivity index (χ3v) is 4.12. The van der Waals surface area contributed by atoms with Crippen molar-refractivity contribution in [1.82, 2.24) is 15.2 Å². The van der Waals surface area contributed by atoms with Crippen LogP contribution in [0.25, 0.3) is 0 Å². The van der Waals surface area contributed by atoms with E-state index in [1.807, 2.05) is 13.0 Å². The van der Waals surface area contributed by atoms with Crippen LogP contribution < -0.4 is 11.1 Å². The van der Waals surface area contributed by atoms with Gasteiger partial charge in [0, 0.05) is 50.2 Å². The van der Waals surface area contributed by atoms with Crippen molar-refractivity contribution in [3.05, 3.63) is 29.6 Å². The van der Waals surface area contributed by atoms with Crippen LogP contribution in [0.15, 0.2) is 18.2 Å². The molecular weight excluding hydrogens is 264 g/mol. The first-order valence-electron chi connectivity index (χ1n) is 7.92. The Balaban J connectivity index is 1.95. The summed E-state index contributed by atoms with van der Waals surface area (Å²) in [6.07, 6.45) is 1.81. The van der Waals surface area contributed by atoms with Gasteiger partial charge in [-0.15, -0.1) is 0 Å². The maximum atomic E-state index is 8.93. The van der Waals surface area contributed by atoms with Crippen molar-refractivity contribution in [3.63, 3.8) is 0 Å². The summed E-state index contributed by atoms with van der Waals surface area (Å²) >= 11 is 0. The number of aromatic nitrogens is 1. The van der Waals surface area contributed by atoms with Gasteiger partial charge in [-0.05, 0) is 44.4 Å². The van der Waals surface area contributed by atoms with E-state index < -0.39 is 0 Å². The van der Waals surface area contributed by atoms with Gasteiger partial charge in [0.05, 0.1) is 0 Å². The second kappa shape index (κ2) is 8.44. The molecule has 0 bridgehead atoms. The van der Waals surface area contributed by atoms with Crippen molar-refractivity contribution in [3.8, 4) is 0 Å². The number of hydrogen-bond acceptors (Lipinski definition) is 5. The number of likely N-dealkylation sites (tertiary alicyclic amines) is 1. The van der Waals surface area contributed by atoms with Crippen LogP contribution in [-0.2, 0) is 6.42 Å². The lowest BCUT2D eigenvalue weighted by molar-refractivity contribution is 0.279. The monoisotopic (exact) mass is 292 g/mol. The van der Waals surface area contributed by atoms with Gasteiger partial charge >= 0.3 is 0 Å². The highest BCUT2D eigenvalue weighted by Crippen LogP contribution is 2.21. The standard InChI is InChI=1S/C16H28N4O/c1-13-4-2-5-15(19-13)10-14-11-20(8-6-17)12-16(14)18-7-3-9-21/h2,4-5,14,16,18,21H,3,6-12,17H2,1H3/t14-,16-/m0/s1. The highest BCUT2D eigenvalue weighted by Gasteiger charge is 2.32. The lowest BCUT2D eigenvalue weighted by atomic mass is 9.97. The van der Waals surface area contributed by atoms with E-state index in [1.54, 1.807) is 0 Å². The molecule has 118 valence electrons. The maximum absolute atomic E-state index is 8.93. The molecule has 1 aliphatic heterocycles. The van der Waals surface area contributed by atoms with Crippen LogP contribution in [0.3, 0.4) is 0 Å². The van der Waals surface area contributed by atoms with Crippen molar-refractivity contribution in [2.45, 2.75) is 25.8 Å². The Morgan fingerprint density at radius 2 is 2.29 bits per heavy atom. The first-order valence-corrected chi connectivity index (χ1v) is 7.92. The van der Waals surface area contributed by atoms with E-state index in [9.17, 15) is 0 Å². The molecule has 1 aliphatic rings. The van der Waals surface area contributed by atoms with E-state index in [-0.39, 0.29) is 6.61 Å². The average molecular weight is 292 g/mol. The molecule has 1 aromatic heterocycles. The Labute approximate surface area is 127 Å². The van der Waals surface area contributed by atoms with Gasteiger partial charge in [0.25, 0.3) is 0 Å². The second-order valence-corrected chi connectivity index (χ2v) is 5.92. The van der Waals surface area contributed by atoms with Crippen LogP contribution in [0, 0.1) is 12.8 Å². The first kappa shape index (κ1) is 16.4. The van der Waals surface area contributed by atoms with E-state index >= 15 is 0 Å². The number of aliphatic hydroxyl groups excluding tert-OH is 1. The number of aliphatic hydroxyl groups is 1. The quantitative estimate of drug-likeness (QED) is 0.595. The molecule has 0 aromatic carbocycles. The predicted octanol–water partition coefficient (Wildman–Crippen LogP) is 0.164. The van der Waals surface area contributed by atoms with E-state index in [4.69, 9.17) is 10.8 Å². The largest absolute Gasteiger partial charge is 0.396 e. The Morgan fingerprint density at radius 1 is 1.43 bits per heavy atom. The topological polar surface area (TPSA) is 74.4 Å². The minimum Gasteiger partial charge on any atom is -0.396 e. The maximum Gasteiger partial charge on any atom is 0.0443 e. The fraction of sp³-hybridized carbons (Fsp3) is 0.688. The number of rotatable bonds is 8. The van der Waals surface area contributed by atoms with Gasteiger partial charge in [0.1, 0.15) is 0 Å². The van der Waals surface area contributed by atoms with Crippen LogP contribution >= 0.6 is 0 Å². The van der Waals surface area contributed by atoms with Crippen LogP contribution in [0.4, 0.5) is 0 Å². The molecule has 0 spiro atoms. The smallest absolute Gasteiger partial charge is 0.0443 e. The van der Waals surface area contributed by atoms with Crippen molar-refractivity contribution in [2.75, 3.05) is 39.3 Å². The van der Waals surface area contributed by atoms with Gasteiger partial charge in [-0.25, -0.2) is 0 Å². The first-order chi connectivity index (χ1) is 10.2. The molecule has 0 saturated carbocycles. The van der Waals surface area contributed by atoms with E-state index in [0.717, 1.165) is 44.7 Å². The highest BCUT2D eigenvalue weighted by molar-refractivity contribution is 5.11. The summed E-state index contributed by atoms with van der Waals surface area (Å²) in [7, 11) is 0. The van der Waals surface area contributed by atoms with Crippen molar-refractivity contribution >= 4 is 0 Å². The number of nitrogens with zero attached hydrogens (tertiary/aromatic N) is 2. The number of nitrogens with two attached hydrogens (primary N) is 1. The highest BCUT2D eigenvalue weighted by atomic mass is 16.3. The number of pyridine rings is 1. The van der Waals surface area contributed by atoms with Crippen molar-refractivity contribution in [2.24, 2.45) is 11.7 Å². The molecule has 21 heavy (non-hydrogen) atoms. The number of aryl methyl sites for hydroxylation is 1. The van der Waals surface area contributed by atoms with Crippen LogP contribution in [0.5, 0.6) is 0 Å². The molecule has 0 amide bonds. The fourth-order valence-corrected chi connectivity index (χ4v) is 3.11. The Bertz CT molecular complexity index is 426. The van der Waals surface area contributed by atoms with E-state index in [2.05, 4.69) is 27.3 Å². The third-order valence-electron chi connectivity index (χ3n) is 4.12. The molecule has 2 atom stereocenters. The minimum absolute atomic E-state index is 0.246. The SMILES string of the molecule is Cc1cccc(C[C@H]2CN(CCN)C[C@@H]2NCCCO)n1. The summed E-state index contributed by atoms with van der Waals surface area (Å²) in [6, 6.07) is 6.70. The van der Waals surface area contributed by atoms with Gasteiger partial charge in [0.2, 0.25) is 0 Å². The normalized spacial score (nSPS) is 22.8. The van der Waals surface area contributed by atoms with Gasteiger partial charge in [0.15, 0.2) is 0 Å². The lowest BCUT2D eigenvalue weighted by Crippen LogP contribution is -2.38. The molecule has 2 rings (SSSR count). The van der Waals surface area contributed by atoms with Crippen LogP contribution in [0.2, 0.25) is 0 Å². The lowest BCUT2D eigenvalue weighted by Gasteiger charge is -2.19. The van der Waals surface area contributed by atoms with E-state index in [0.29, 0.717) is 18.5 Å². The molecule has 0 aliphatic carbocycles. The number of hydrogen-bond donors (Lipinski definition) is 3. The molecule has 4 N–H and O–H groups in total. The summed E-state index contributed by atoms with van der Waals surface area (Å²) in [5.74, 6) is 0.560. The molecule has 0 unspecified atom stereocenters. The zero-order chi connectivity index (χ0) is 15.1. The second-order valence-electron chi connectivity index (χ2n) is 5.92. The Kier molecular flexibility index (Phi) is 6.57. The van der Waals surface area contributed by atoms with Crippen LogP contribution in [-0.4, -0.2) is 60.4 Å². The molecule has 2 heterocycles. The Hall–Kier alpha value is -1.01. The van der Waals surface area contributed by atoms with Gasteiger partial charge in [-0.1, -0.05) is 6.07 Å². The molecule has 1 saturated heterocycles. The summed E-state index contributed by atoms with van der Waals surface area (Å²) in [4.78, 5) is 7.06. The molecule has 5 nitrogen and oxygen atoms in total. The predicted molar refractivity (Wildman–Crippen MR) is 85.2 cm³/mol. The fourth-order valence-electron chi connectivity index (χ4n) is 3.11.